The van der Waals surface area contributed by atoms with Crippen molar-refractivity contribution in [1.29, 1.82) is 0 Å². The number of aryl methyl sites for hydroxylation is 2. The Bertz CT molecular complexity index is 672. The van der Waals surface area contributed by atoms with Gasteiger partial charge in [0.05, 0.1) is 23.8 Å². The molecule has 2 heterocycles. The van der Waals surface area contributed by atoms with E-state index >= 15 is 0 Å². The molecule has 0 saturated heterocycles. The van der Waals surface area contributed by atoms with E-state index in [0.717, 1.165) is 32.7 Å². The third-order valence-corrected chi connectivity index (χ3v) is 5.00. The Kier molecular flexibility index (Phi) is 3.82. The van der Waals surface area contributed by atoms with Gasteiger partial charge in [-0.05, 0) is 37.1 Å². The van der Waals surface area contributed by atoms with Crippen molar-refractivity contribution in [3.63, 3.8) is 0 Å². The van der Waals surface area contributed by atoms with E-state index in [9.17, 15) is 4.79 Å². The maximum absolute atomic E-state index is 12.4. The smallest absolute Gasteiger partial charge is 0.241 e. The Labute approximate surface area is 131 Å². The van der Waals surface area contributed by atoms with E-state index in [2.05, 4.69) is 36.5 Å². The van der Waals surface area contributed by atoms with Crippen molar-refractivity contribution in [3.05, 3.63) is 45.4 Å². The fourth-order valence-corrected chi connectivity index (χ4v) is 2.83. The second-order valence-corrected chi connectivity index (χ2v) is 6.17. The zero-order chi connectivity index (χ0) is 15.0. The number of carbonyl (C=O) groups excluding carboxylic acids is 1. The average molecular weight is 349 g/mol. The van der Waals surface area contributed by atoms with Crippen LogP contribution in [0, 0.1) is 13.8 Å². The van der Waals surface area contributed by atoms with Crippen molar-refractivity contribution in [1.82, 2.24) is 15.3 Å². The summed E-state index contributed by atoms with van der Waals surface area (Å²) < 4.78 is 1.08. The van der Waals surface area contributed by atoms with E-state index in [1.807, 2.05) is 26.0 Å². The molecule has 1 aliphatic heterocycles. The largest absolute Gasteiger partial charge is 0.347 e. The molecule has 5 nitrogen and oxygen atoms in total. The van der Waals surface area contributed by atoms with Gasteiger partial charge in [-0.3, -0.25) is 10.1 Å². The molecule has 21 heavy (non-hydrogen) atoms. The van der Waals surface area contributed by atoms with Gasteiger partial charge in [0, 0.05) is 23.1 Å². The number of aromatic amines is 1. The lowest BCUT2D eigenvalue weighted by molar-refractivity contribution is -0.118. The first-order chi connectivity index (χ1) is 10.0. The van der Waals surface area contributed by atoms with Gasteiger partial charge in [-0.25, -0.2) is 4.98 Å². The zero-order valence-electron chi connectivity index (χ0n) is 12.0. The molecular formula is C15H17BrN4O. The lowest BCUT2D eigenvalue weighted by atomic mass is 10.0. The van der Waals surface area contributed by atoms with Crippen LogP contribution in [0.25, 0.3) is 0 Å². The molecule has 0 fully saturated rings. The average Bonchev–Trinajstić information content (AvgIpc) is 2.91. The molecule has 1 amide bonds. The molecule has 0 bridgehead atoms. The molecule has 3 N–H and O–H groups in total. The third-order valence-electron chi connectivity index (χ3n) is 3.75. The highest BCUT2D eigenvalue weighted by atomic mass is 79.9. The molecule has 6 heteroatoms. The maximum atomic E-state index is 12.4. The monoisotopic (exact) mass is 348 g/mol. The Morgan fingerprint density at radius 2 is 2.10 bits per heavy atom. The number of fused-ring (bicyclic) bond motifs is 1. The molecule has 1 unspecified atom stereocenters. The van der Waals surface area contributed by atoms with E-state index in [1.54, 1.807) is 6.33 Å². The van der Waals surface area contributed by atoms with Crippen molar-refractivity contribution in [2.24, 2.45) is 0 Å². The minimum atomic E-state index is -0.245. The zero-order valence-corrected chi connectivity index (χ0v) is 13.5. The van der Waals surface area contributed by atoms with Crippen molar-refractivity contribution in [2.75, 3.05) is 5.32 Å². The molecule has 2 aromatic rings. The van der Waals surface area contributed by atoms with Gasteiger partial charge in [-0.15, -0.1) is 0 Å². The summed E-state index contributed by atoms with van der Waals surface area (Å²) in [6, 6.07) is 3.69. The van der Waals surface area contributed by atoms with Gasteiger partial charge in [0.25, 0.3) is 0 Å². The number of benzene rings is 1. The van der Waals surface area contributed by atoms with Crippen LogP contribution in [0.1, 0.15) is 22.5 Å². The van der Waals surface area contributed by atoms with Crippen LogP contribution in [0.15, 0.2) is 22.9 Å². The molecule has 1 atom stereocenters. The quantitative estimate of drug-likeness (QED) is 0.780. The lowest BCUT2D eigenvalue weighted by Crippen LogP contribution is -2.44. The van der Waals surface area contributed by atoms with Gasteiger partial charge in [0.15, 0.2) is 0 Å². The van der Waals surface area contributed by atoms with Gasteiger partial charge >= 0.3 is 0 Å². The number of imidazole rings is 1. The van der Waals surface area contributed by atoms with E-state index in [4.69, 9.17) is 0 Å². The van der Waals surface area contributed by atoms with Crippen LogP contribution in [-0.2, 0) is 17.8 Å². The van der Waals surface area contributed by atoms with Gasteiger partial charge in [0.2, 0.25) is 5.91 Å². The highest BCUT2D eigenvalue weighted by Gasteiger charge is 2.25. The summed E-state index contributed by atoms with van der Waals surface area (Å²) >= 11 is 3.53. The molecule has 110 valence electrons. The molecular weight excluding hydrogens is 332 g/mol. The number of H-pyrrole nitrogens is 1. The Balaban J connectivity index is 1.73. The van der Waals surface area contributed by atoms with Crippen LogP contribution in [0.4, 0.5) is 5.69 Å². The summed E-state index contributed by atoms with van der Waals surface area (Å²) in [4.78, 5) is 19.7. The predicted molar refractivity (Wildman–Crippen MR) is 85.2 cm³/mol. The number of aromatic nitrogens is 2. The fraction of sp³-hybridized carbons (Fsp3) is 0.333. The van der Waals surface area contributed by atoms with Gasteiger partial charge < -0.3 is 10.3 Å². The highest BCUT2D eigenvalue weighted by Crippen LogP contribution is 2.25. The summed E-state index contributed by atoms with van der Waals surface area (Å²) in [5.41, 5.74) is 5.08. The Hall–Kier alpha value is -1.66. The van der Waals surface area contributed by atoms with Crippen LogP contribution < -0.4 is 10.6 Å². The second kappa shape index (κ2) is 5.61. The molecule has 1 aliphatic rings. The number of anilines is 1. The SMILES string of the molecule is Cc1cc(NC(=O)C2Cc3nc[nH]c3CN2)cc(C)c1Br. The topological polar surface area (TPSA) is 69.8 Å². The van der Waals surface area contributed by atoms with E-state index in [1.165, 1.54) is 0 Å². The first-order valence-electron chi connectivity index (χ1n) is 6.86. The molecule has 0 saturated carbocycles. The third kappa shape index (κ3) is 2.87. The number of hydrogen-bond acceptors (Lipinski definition) is 3. The van der Waals surface area contributed by atoms with E-state index in [-0.39, 0.29) is 11.9 Å². The maximum Gasteiger partial charge on any atom is 0.241 e. The van der Waals surface area contributed by atoms with Crippen LogP contribution in [0.5, 0.6) is 0 Å². The number of halogens is 1. The van der Waals surface area contributed by atoms with Crippen LogP contribution in [0.2, 0.25) is 0 Å². The van der Waals surface area contributed by atoms with Crippen LogP contribution >= 0.6 is 15.9 Å². The number of rotatable bonds is 2. The van der Waals surface area contributed by atoms with Crippen molar-refractivity contribution < 1.29 is 4.79 Å². The summed E-state index contributed by atoms with van der Waals surface area (Å²) in [6.07, 6.45) is 2.28. The first-order valence-corrected chi connectivity index (χ1v) is 7.66. The van der Waals surface area contributed by atoms with E-state index in [0.29, 0.717) is 13.0 Å². The van der Waals surface area contributed by atoms with Crippen LogP contribution in [-0.4, -0.2) is 21.9 Å². The number of amides is 1. The summed E-state index contributed by atoms with van der Waals surface area (Å²) in [7, 11) is 0. The minimum Gasteiger partial charge on any atom is -0.347 e. The summed E-state index contributed by atoms with van der Waals surface area (Å²) in [5.74, 6) is -0.0234. The predicted octanol–water partition coefficient (Wildman–Crippen LogP) is 2.44. The van der Waals surface area contributed by atoms with Gasteiger partial charge in [-0.1, -0.05) is 15.9 Å². The molecule has 1 aromatic heterocycles. The highest BCUT2D eigenvalue weighted by molar-refractivity contribution is 9.10. The summed E-state index contributed by atoms with van der Waals surface area (Å²) in [5, 5.41) is 6.21. The van der Waals surface area contributed by atoms with E-state index < -0.39 is 0 Å². The normalized spacial score (nSPS) is 17.4. The standard InChI is InChI=1S/C15H17BrN4O/c1-8-3-10(4-9(2)14(8)16)20-15(21)12-5-11-13(6-17-12)19-7-18-11/h3-4,7,12,17H,5-6H2,1-2H3,(H,18,19)(H,20,21). The Morgan fingerprint density at radius 3 is 2.81 bits per heavy atom. The van der Waals surface area contributed by atoms with Gasteiger partial charge in [-0.2, -0.15) is 0 Å². The number of carbonyl (C=O) groups is 1. The molecule has 1 aromatic carbocycles. The molecule has 0 aliphatic carbocycles. The van der Waals surface area contributed by atoms with Gasteiger partial charge in [0.1, 0.15) is 0 Å². The lowest BCUT2D eigenvalue weighted by Gasteiger charge is -2.22. The number of nitrogens with zero attached hydrogens (tertiary/aromatic N) is 1. The Morgan fingerprint density at radius 1 is 1.38 bits per heavy atom. The minimum absolute atomic E-state index is 0.0234. The second-order valence-electron chi connectivity index (χ2n) is 5.38. The van der Waals surface area contributed by atoms with Crippen molar-refractivity contribution >= 4 is 27.5 Å². The summed E-state index contributed by atoms with van der Waals surface area (Å²) in [6.45, 7) is 4.68. The van der Waals surface area contributed by atoms with Crippen molar-refractivity contribution in [3.8, 4) is 0 Å². The molecule has 3 rings (SSSR count). The molecule has 0 spiro atoms. The number of nitrogens with one attached hydrogen (secondary N) is 3. The fourth-order valence-electron chi connectivity index (χ4n) is 2.60. The molecule has 0 radical (unpaired) electrons. The van der Waals surface area contributed by atoms with Crippen molar-refractivity contribution in [2.45, 2.75) is 32.9 Å². The van der Waals surface area contributed by atoms with Crippen LogP contribution in [0.3, 0.4) is 0 Å². The number of hydrogen-bond donors (Lipinski definition) is 3. The first kappa shape index (κ1) is 14.3.